The molecule has 0 aliphatic heterocycles. The Bertz CT molecular complexity index is 363. The molecule has 0 aliphatic rings. The van der Waals surface area contributed by atoms with Crippen molar-refractivity contribution >= 4 is 5.97 Å². The molecule has 0 radical (unpaired) electrons. The largest absolute Gasteiger partial charge is 0.481 e. The van der Waals surface area contributed by atoms with E-state index in [1.807, 2.05) is 39.2 Å². The molecule has 1 heterocycles. The van der Waals surface area contributed by atoms with Gasteiger partial charge in [-0.2, -0.15) is 0 Å². The van der Waals surface area contributed by atoms with E-state index >= 15 is 0 Å². The first-order valence-electron chi connectivity index (χ1n) is 5.74. The normalized spacial score (nSPS) is 11.8. The van der Waals surface area contributed by atoms with Gasteiger partial charge in [0.05, 0.1) is 6.42 Å². The van der Waals surface area contributed by atoms with Crippen molar-refractivity contribution in [3.05, 3.63) is 30.1 Å². The summed E-state index contributed by atoms with van der Waals surface area (Å²) >= 11 is 0. The molecule has 0 amide bonds. The second kappa shape index (κ2) is 5.77. The van der Waals surface area contributed by atoms with Crippen LogP contribution in [0.1, 0.15) is 25.8 Å². The lowest BCUT2D eigenvalue weighted by atomic mass is 9.98. The first-order chi connectivity index (χ1) is 7.92. The van der Waals surface area contributed by atoms with Gasteiger partial charge in [-0.3, -0.25) is 9.78 Å². The predicted octanol–water partition coefficient (Wildman–Crippen LogP) is 1.81. The molecule has 4 nitrogen and oxygen atoms in total. The van der Waals surface area contributed by atoms with Crippen LogP contribution < -0.4 is 0 Å². The van der Waals surface area contributed by atoms with Gasteiger partial charge in [-0.25, -0.2) is 0 Å². The van der Waals surface area contributed by atoms with E-state index in [-0.39, 0.29) is 12.0 Å². The fourth-order valence-electron chi connectivity index (χ4n) is 1.65. The molecular weight excluding hydrogens is 216 g/mol. The third-order valence-corrected chi connectivity index (χ3v) is 3.08. The summed E-state index contributed by atoms with van der Waals surface area (Å²) in [6.45, 7) is 4.72. The topological polar surface area (TPSA) is 53.4 Å². The molecule has 94 valence electrons. The van der Waals surface area contributed by atoms with Crippen LogP contribution in [-0.2, 0) is 11.2 Å². The zero-order valence-electron chi connectivity index (χ0n) is 10.7. The van der Waals surface area contributed by atoms with Crippen molar-refractivity contribution < 1.29 is 9.90 Å². The molecule has 1 rings (SSSR count). The highest BCUT2D eigenvalue weighted by Gasteiger charge is 2.26. The zero-order valence-corrected chi connectivity index (χ0v) is 10.7. The minimum Gasteiger partial charge on any atom is -0.481 e. The average molecular weight is 236 g/mol. The maximum atomic E-state index is 10.8. The number of carboxylic acid groups (broad SMARTS) is 1. The monoisotopic (exact) mass is 236 g/mol. The first kappa shape index (κ1) is 13.6. The van der Waals surface area contributed by atoms with Crippen molar-refractivity contribution in [3.8, 4) is 0 Å². The molecular formula is C13H20N2O2. The molecule has 0 aliphatic carbocycles. The molecule has 0 saturated heterocycles. The van der Waals surface area contributed by atoms with Crippen LogP contribution in [0.4, 0.5) is 0 Å². The van der Waals surface area contributed by atoms with Crippen LogP contribution in [-0.4, -0.2) is 40.1 Å². The number of hydrogen-bond acceptors (Lipinski definition) is 3. The van der Waals surface area contributed by atoms with Crippen LogP contribution in [0, 0.1) is 0 Å². The Morgan fingerprint density at radius 2 is 2.24 bits per heavy atom. The van der Waals surface area contributed by atoms with Crippen LogP contribution in [0.25, 0.3) is 0 Å². The quantitative estimate of drug-likeness (QED) is 0.818. The summed E-state index contributed by atoms with van der Waals surface area (Å²) in [6.07, 6.45) is 4.63. The fourth-order valence-corrected chi connectivity index (χ4v) is 1.65. The SMILES string of the molecule is CN(CCc1cccnc1)C(C)(C)CC(=O)O. The van der Waals surface area contributed by atoms with Crippen molar-refractivity contribution in [1.29, 1.82) is 0 Å². The first-order valence-corrected chi connectivity index (χ1v) is 5.74. The summed E-state index contributed by atoms with van der Waals surface area (Å²) in [5, 5.41) is 8.85. The van der Waals surface area contributed by atoms with Crippen molar-refractivity contribution in [1.82, 2.24) is 9.88 Å². The fraction of sp³-hybridized carbons (Fsp3) is 0.538. The number of aliphatic carboxylic acids is 1. The minimum atomic E-state index is -0.761. The van der Waals surface area contributed by atoms with Gasteiger partial charge in [0.2, 0.25) is 0 Å². The van der Waals surface area contributed by atoms with Gasteiger partial charge in [-0.05, 0) is 38.9 Å². The van der Waals surface area contributed by atoms with Gasteiger partial charge in [0.25, 0.3) is 0 Å². The van der Waals surface area contributed by atoms with Crippen molar-refractivity contribution in [2.75, 3.05) is 13.6 Å². The van der Waals surface area contributed by atoms with Crippen molar-refractivity contribution in [2.24, 2.45) is 0 Å². The second-order valence-electron chi connectivity index (χ2n) is 4.92. The number of carbonyl (C=O) groups is 1. The van der Waals surface area contributed by atoms with Crippen LogP contribution >= 0.6 is 0 Å². The second-order valence-corrected chi connectivity index (χ2v) is 4.92. The van der Waals surface area contributed by atoms with Gasteiger partial charge >= 0.3 is 5.97 Å². The molecule has 0 aromatic carbocycles. The Balaban J connectivity index is 2.49. The van der Waals surface area contributed by atoms with Gasteiger partial charge in [0.15, 0.2) is 0 Å². The number of carboxylic acids is 1. The van der Waals surface area contributed by atoms with Gasteiger partial charge in [-0.1, -0.05) is 6.07 Å². The van der Waals surface area contributed by atoms with Crippen LogP contribution in [0.2, 0.25) is 0 Å². The van der Waals surface area contributed by atoms with Crippen molar-refractivity contribution in [3.63, 3.8) is 0 Å². The van der Waals surface area contributed by atoms with Crippen LogP contribution in [0.15, 0.2) is 24.5 Å². The molecule has 0 saturated carbocycles. The molecule has 0 spiro atoms. The third kappa shape index (κ3) is 4.53. The molecule has 0 fully saturated rings. The summed E-state index contributed by atoms with van der Waals surface area (Å²) in [7, 11) is 1.96. The van der Waals surface area contributed by atoms with Crippen LogP contribution in [0.3, 0.4) is 0 Å². The molecule has 1 N–H and O–H groups in total. The van der Waals surface area contributed by atoms with E-state index in [9.17, 15) is 4.79 Å². The minimum absolute atomic E-state index is 0.149. The molecule has 17 heavy (non-hydrogen) atoms. The number of hydrogen-bond donors (Lipinski definition) is 1. The predicted molar refractivity (Wildman–Crippen MR) is 66.9 cm³/mol. The third-order valence-electron chi connectivity index (χ3n) is 3.08. The molecule has 1 aromatic heterocycles. The van der Waals surface area contributed by atoms with Gasteiger partial charge in [0.1, 0.15) is 0 Å². The van der Waals surface area contributed by atoms with Gasteiger partial charge in [0, 0.05) is 24.5 Å². The molecule has 1 aromatic rings. The zero-order chi connectivity index (χ0) is 12.9. The summed E-state index contributed by atoms with van der Waals surface area (Å²) in [5.41, 5.74) is 0.846. The summed E-state index contributed by atoms with van der Waals surface area (Å²) in [4.78, 5) is 16.9. The maximum Gasteiger partial charge on any atom is 0.305 e. The molecule has 0 bridgehead atoms. The summed E-state index contributed by atoms with van der Waals surface area (Å²) in [6, 6.07) is 3.95. The Labute approximate surface area is 102 Å². The van der Waals surface area contributed by atoms with Crippen molar-refractivity contribution in [2.45, 2.75) is 32.2 Å². The number of nitrogens with zero attached hydrogens (tertiary/aromatic N) is 2. The lowest BCUT2D eigenvalue weighted by Gasteiger charge is -2.34. The number of aromatic nitrogens is 1. The van der Waals surface area contributed by atoms with E-state index in [4.69, 9.17) is 5.11 Å². The average Bonchev–Trinajstić information content (AvgIpc) is 2.25. The lowest BCUT2D eigenvalue weighted by molar-refractivity contribution is -0.139. The number of likely N-dealkylation sites (N-methyl/N-ethyl adjacent to an activating group) is 1. The van der Waals surface area contributed by atoms with E-state index in [2.05, 4.69) is 9.88 Å². The standard InChI is InChI=1S/C13H20N2O2/c1-13(2,9-12(16)17)15(3)8-6-11-5-4-7-14-10-11/h4-5,7,10H,6,8-9H2,1-3H3,(H,16,17). The van der Waals surface area contributed by atoms with E-state index in [0.29, 0.717) is 0 Å². The highest BCUT2D eigenvalue weighted by Crippen LogP contribution is 2.17. The van der Waals surface area contributed by atoms with E-state index in [0.717, 1.165) is 13.0 Å². The maximum absolute atomic E-state index is 10.8. The molecule has 4 heteroatoms. The smallest absolute Gasteiger partial charge is 0.305 e. The Morgan fingerprint density at radius 3 is 2.76 bits per heavy atom. The molecule has 0 atom stereocenters. The summed E-state index contributed by atoms with van der Waals surface area (Å²) in [5.74, 6) is -0.761. The van der Waals surface area contributed by atoms with Gasteiger partial charge in [-0.15, -0.1) is 0 Å². The summed E-state index contributed by atoms with van der Waals surface area (Å²) < 4.78 is 0. The van der Waals surface area contributed by atoms with Gasteiger partial charge < -0.3 is 10.0 Å². The number of rotatable bonds is 6. The highest BCUT2D eigenvalue weighted by atomic mass is 16.4. The van der Waals surface area contributed by atoms with E-state index in [1.165, 1.54) is 5.56 Å². The van der Waals surface area contributed by atoms with E-state index < -0.39 is 5.97 Å². The Morgan fingerprint density at radius 1 is 1.53 bits per heavy atom. The molecule has 0 unspecified atom stereocenters. The van der Waals surface area contributed by atoms with E-state index in [1.54, 1.807) is 6.20 Å². The number of pyridine rings is 1. The van der Waals surface area contributed by atoms with Crippen LogP contribution in [0.5, 0.6) is 0 Å². The lowest BCUT2D eigenvalue weighted by Crippen LogP contribution is -2.43. The highest BCUT2D eigenvalue weighted by molar-refractivity contribution is 5.68. The Hall–Kier alpha value is -1.42. The Kier molecular flexibility index (Phi) is 4.63.